The fraction of sp³-hybridized carbons (Fsp3) is 0.316. The third-order valence-electron chi connectivity index (χ3n) is 4.08. The number of alkyl carbamates (subject to hydrolysis) is 1. The number of carbonyl (C=O) groups excluding carboxylic acids is 3. The molecule has 0 radical (unpaired) electrons. The molecule has 0 bridgehead atoms. The SMILES string of the molecule is CCOC(=O)NC(=O)COC(=O)c1cc2c(s1)-c1ccc(OC)cc1CC2. The zero-order valence-corrected chi connectivity index (χ0v) is 15.8. The lowest BCUT2D eigenvalue weighted by Gasteiger charge is -2.16. The van der Waals surface area contributed by atoms with Gasteiger partial charge in [-0.15, -0.1) is 11.3 Å². The lowest BCUT2D eigenvalue weighted by Crippen LogP contribution is -2.34. The Kier molecular flexibility index (Phi) is 5.75. The fourth-order valence-corrected chi connectivity index (χ4v) is 4.02. The van der Waals surface area contributed by atoms with Gasteiger partial charge in [-0.2, -0.15) is 0 Å². The second-order valence-electron chi connectivity index (χ2n) is 5.83. The lowest BCUT2D eigenvalue weighted by atomic mass is 9.91. The zero-order valence-electron chi connectivity index (χ0n) is 15.0. The normalized spacial score (nSPS) is 11.8. The smallest absolute Gasteiger partial charge is 0.413 e. The summed E-state index contributed by atoms with van der Waals surface area (Å²) in [6.45, 7) is 1.22. The van der Waals surface area contributed by atoms with E-state index in [1.807, 2.05) is 23.5 Å². The van der Waals surface area contributed by atoms with Crippen LogP contribution in [0.2, 0.25) is 0 Å². The average molecular weight is 389 g/mol. The quantitative estimate of drug-likeness (QED) is 0.791. The summed E-state index contributed by atoms with van der Waals surface area (Å²) in [6, 6.07) is 7.70. The Labute approximate surface area is 160 Å². The van der Waals surface area contributed by atoms with Crippen molar-refractivity contribution in [1.82, 2.24) is 5.32 Å². The maximum Gasteiger partial charge on any atom is 0.413 e. The highest BCUT2D eigenvalue weighted by Gasteiger charge is 2.23. The largest absolute Gasteiger partial charge is 0.497 e. The topological polar surface area (TPSA) is 90.9 Å². The number of amides is 2. The number of aryl methyl sites for hydroxylation is 2. The molecule has 0 fully saturated rings. The number of methoxy groups -OCH3 is 1. The summed E-state index contributed by atoms with van der Waals surface area (Å²) in [5, 5.41) is 1.97. The Morgan fingerprint density at radius 1 is 1.11 bits per heavy atom. The molecule has 1 aliphatic rings. The second-order valence-corrected chi connectivity index (χ2v) is 6.89. The van der Waals surface area contributed by atoms with Crippen molar-refractivity contribution in [2.24, 2.45) is 0 Å². The Morgan fingerprint density at radius 2 is 1.89 bits per heavy atom. The number of rotatable bonds is 5. The maximum absolute atomic E-state index is 12.3. The Morgan fingerprint density at radius 3 is 2.63 bits per heavy atom. The lowest BCUT2D eigenvalue weighted by molar-refractivity contribution is -0.123. The molecular formula is C19H19NO6S. The van der Waals surface area contributed by atoms with E-state index in [2.05, 4.69) is 4.74 Å². The number of thiophene rings is 1. The van der Waals surface area contributed by atoms with Crippen LogP contribution in [0.4, 0.5) is 4.79 Å². The van der Waals surface area contributed by atoms with Gasteiger partial charge in [0.2, 0.25) is 0 Å². The molecule has 2 aromatic rings. The van der Waals surface area contributed by atoms with Crippen molar-refractivity contribution >= 4 is 29.3 Å². The van der Waals surface area contributed by atoms with Crippen LogP contribution in [0.1, 0.15) is 27.7 Å². The van der Waals surface area contributed by atoms with Gasteiger partial charge in [0.15, 0.2) is 6.61 Å². The van der Waals surface area contributed by atoms with E-state index < -0.39 is 24.6 Å². The Hall–Kier alpha value is -2.87. The molecule has 0 spiro atoms. The van der Waals surface area contributed by atoms with Crippen LogP contribution in [0.25, 0.3) is 10.4 Å². The highest BCUT2D eigenvalue weighted by molar-refractivity contribution is 7.17. The minimum Gasteiger partial charge on any atom is -0.497 e. The number of hydrogen-bond acceptors (Lipinski definition) is 7. The zero-order chi connectivity index (χ0) is 19.4. The molecule has 0 saturated heterocycles. The van der Waals surface area contributed by atoms with Crippen LogP contribution in [0.5, 0.6) is 5.75 Å². The highest BCUT2D eigenvalue weighted by atomic mass is 32.1. The first kappa shape index (κ1) is 18.9. The van der Waals surface area contributed by atoms with E-state index in [1.165, 1.54) is 16.9 Å². The van der Waals surface area contributed by atoms with Gasteiger partial charge in [-0.05, 0) is 60.7 Å². The number of fused-ring (bicyclic) bond motifs is 3. The minimum atomic E-state index is -0.864. The molecule has 7 nitrogen and oxygen atoms in total. The highest BCUT2D eigenvalue weighted by Crippen LogP contribution is 2.40. The fourth-order valence-electron chi connectivity index (χ4n) is 2.86. The van der Waals surface area contributed by atoms with Crippen LogP contribution in [-0.4, -0.2) is 38.3 Å². The van der Waals surface area contributed by atoms with E-state index in [1.54, 1.807) is 20.1 Å². The minimum absolute atomic E-state index is 0.146. The average Bonchev–Trinajstić information content (AvgIpc) is 3.10. The van der Waals surface area contributed by atoms with E-state index in [9.17, 15) is 14.4 Å². The van der Waals surface area contributed by atoms with Crippen molar-refractivity contribution in [2.45, 2.75) is 19.8 Å². The summed E-state index contributed by atoms with van der Waals surface area (Å²) < 4.78 is 14.9. The maximum atomic E-state index is 12.3. The number of benzene rings is 1. The van der Waals surface area contributed by atoms with Gasteiger partial charge in [-0.3, -0.25) is 10.1 Å². The van der Waals surface area contributed by atoms with E-state index in [0.717, 1.165) is 34.6 Å². The molecule has 0 saturated carbocycles. The summed E-state index contributed by atoms with van der Waals surface area (Å²) in [7, 11) is 1.63. The van der Waals surface area contributed by atoms with Gasteiger partial charge in [-0.1, -0.05) is 0 Å². The third-order valence-corrected chi connectivity index (χ3v) is 5.27. The van der Waals surface area contributed by atoms with Gasteiger partial charge < -0.3 is 14.2 Å². The van der Waals surface area contributed by atoms with Gasteiger partial charge >= 0.3 is 12.1 Å². The summed E-state index contributed by atoms with van der Waals surface area (Å²) in [6.07, 6.45) is 0.826. The van der Waals surface area contributed by atoms with Gasteiger partial charge in [0, 0.05) is 4.88 Å². The van der Waals surface area contributed by atoms with E-state index in [-0.39, 0.29) is 6.61 Å². The molecular weight excluding hydrogens is 370 g/mol. The molecule has 1 aliphatic carbocycles. The molecule has 0 aliphatic heterocycles. The molecule has 1 N–H and O–H groups in total. The molecule has 0 unspecified atom stereocenters. The van der Waals surface area contributed by atoms with Crippen LogP contribution in [-0.2, 0) is 27.1 Å². The van der Waals surface area contributed by atoms with Crippen LogP contribution >= 0.6 is 11.3 Å². The van der Waals surface area contributed by atoms with Gasteiger partial charge in [0.05, 0.1) is 13.7 Å². The Balaban J connectivity index is 1.67. The van der Waals surface area contributed by atoms with Crippen LogP contribution < -0.4 is 10.1 Å². The number of ether oxygens (including phenoxy) is 3. The summed E-state index contributed by atoms with van der Waals surface area (Å²) >= 11 is 1.33. The molecule has 1 aromatic carbocycles. The van der Waals surface area contributed by atoms with Gasteiger partial charge in [-0.25, -0.2) is 9.59 Å². The molecule has 1 aromatic heterocycles. The third kappa shape index (κ3) is 4.28. The molecule has 8 heteroatoms. The van der Waals surface area contributed by atoms with Gasteiger partial charge in [0.25, 0.3) is 5.91 Å². The summed E-state index contributed by atoms with van der Waals surface area (Å²) in [5.41, 5.74) is 3.35. The summed E-state index contributed by atoms with van der Waals surface area (Å²) in [4.78, 5) is 36.5. The predicted octanol–water partition coefficient (Wildman–Crippen LogP) is 2.95. The van der Waals surface area contributed by atoms with Crippen LogP contribution in [0.3, 0.4) is 0 Å². The first-order valence-corrected chi connectivity index (χ1v) is 9.27. The van der Waals surface area contributed by atoms with Crippen molar-refractivity contribution in [3.8, 4) is 16.2 Å². The molecule has 1 heterocycles. The predicted molar refractivity (Wildman–Crippen MR) is 99.2 cm³/mol. The molecule has 27 heavy (non-hydrogen) atoms. The summed E-state index contributed by atoms with van der Waals surface area (Å²) in [5.74, 6) is -0.523. The van der Waals surface area contributed by atoms with Crippen molar-refractivity contribution in [1.29, 1.82) is 0 Å². The van der Waals surface area contributed by atoms with Crippen molar-refractivity contribution in [3.63, 3.8) is 0 Å². The van der Waals surface area contributed by atoms with Crippen LogP contribution in [0.15, 0.2) is 24.3 Å². The van der Waals surface area contributed by atoms with E-state index in [0.29, 0.717) is 4.88 Å². The number of carbonyl (C=O) groups is 3. The molecule has 3 rings (SSSR count). The molecule has 142 valence electrons. The molecule has 2 amide bonds. The van der Waals surface area contributed by atoms with Crippen molar-refractivity contribution in [3.05, 3.63) is 40.3 Å². The van der Waals surface area contributed by atoms with E-state index in [4.69, 9.17) is 9.47 Å². The number of esters is 1. The van der Waals surface area contributed by atoms with Crippen molar-refractivity contribution < 1.29 is 28.6 Å². The Bertz CT molecular complexity index is 888. The van der Waals surface area contributed by atoms with E-state index >= 15 is 0 Å². The first-order valence-electron chi connectivity index (χ1n) is 8.45. The number of hydrogen-bond donors (Lipinski definition) is 1. The second kappa shape index (κ2) is 8.22. The molecule has 0 atom stereocenters. The first-order chi connectivity index (χ1) is 13.0. The van der Waals surface area contributed by atoms with Crippen LogP contribution in [0, 0.1) is 0 Å². The number of imide groups is 1. The number of nitrogens with one attached hydrogen (secondary N) is 1. The monoisotopic (exact) mass is 389 g/mol. The standard InChI is InChI=1S/C19H19NO6S/c1-3-25-19(23)20-16(21)10-26-18(22)15-9-12-5-4-11-8-13(24-2)6-7-14(11)17(12)27-15/h6-9H,3-5,10H2,1-2H3,(H,20,21,23). The van der Waals surface area contributed by atoms with Crippen molar-refractivity contribution in [2.75, 3.05) is 20.3 Å². The van der Waals surface area contributed by atoms with Gasteiger partial charge in [0.1, 0.15) is 10.6 Å².